The zero-order chi connectivity index (χ0) is 24.9. The fraction of sp³-hybridized carbons (Fsp3) is 0.231. The fourth-order valence-electron chi connectivity index (χ4n) is 4.17. The van der Waals surface area contributed by atoms with Gasteiger partial charge in [-0.05, 0) is 61.2 Å². The van der Waals surface area contributed by atoms with E-state index in [1.165, 1.54) is 11.3 Å². The molecule has 8 nitrogen and oxygen atoms in total. The summed E-state index contributed by atoms with van der Waals surface area (Å²) in [4.78, 5) is 52.1. The number of nitrogens with two attached hydrogens (primary N) is 1. The molecule has 0 radical (unpaired) electrons. The van der Waals surface area contributed by atoms with Gasteiger partial charge in [-0.15, -0.1) is 11.3 Å². The predicted octanol–water partition coefficient (Wildman–Crippen LogP) is 3.39. The Morgan fingerprint density at radius 2 is 1.77 bits per heavy atom. The van der Waals surface area contributed by atoms with Gasteiger partial charge in [-0.2, -0.15) is 0 Å². The Balaban J connectivity index is 1.55. The lowest BCUT2D eigenvalue weighted by Crippen LogP contribution is -2.46. The van der Waals surface area contributed by atoms with Gasteiger partial charge >= 0.3 is 0 Å². The smallest absolute Gasteiger partial charge is 0.251 e. The number of amides is 4. The molecule has 2 heterocycles. The number of hydrogen-bond acceptors (Lipinski definition) is 5. The largest absolute Gasteiger partial charge is 0.368 e. The molecule has 9 heteroatoms. The molecule has 180 valence electrons. The van der Waals surface area contributed by atoms with Gasteiger partial charge in [-0.3, -0.25) is 19.2 Å². The standard InChI is InChI=1S/C26H26N4O4S/c1-16-4-10-19(11-5-16)30-23(32)13-12-20(24(30)21-3-2-14-35-21)26(34)29-18-8-6-17(7-9-18)25(33)28-15-22(27)31/h2-11,14,20,24H,12-13,15H2,1H3,(H2,27,31)(H,28,33)(H,29,34). The van der Waals surface area contributed by atoms with Gasteiger partial charge in [0, 0.05) is 28.2 Å². The average molecular weight is 491 g/mol. The number of aryl methyl sites for hydroxylation is 1. The summed E-state index contributed by atoms with van der Waals surface area (Å²) in [7, 11) is 0. The van der Waals surface area contributed by atoms with Crippen molar-refractivity contribution in [1.82, 2.24) is 5.32 Å². The molecule has 1 aliphatic rings. The van der Waals surface area contributed by atoms with E-state index in [9.17, 15) is 19.2 Å². The van der Waals surface area contributed by atoms with Crippen molar-refractivity contribution in [2.45, 2.75) is 25.8 Å². The van der Waals surface area contributed by atoms with Gasteiger partial charge in [0.25, 0.3) is 5.91 Å². The molecular formula is C26H26N4O4S. The van der Waals surface area contributed by atoms with Gasteiger partial charge in [0.2, 0.25) is 17.7 Å². The van der Waals surface area contributed by atoms with E-state index in [2.05, 4.69) is 10.6 Å². The van der Waals surface area contributed by atoms with E-state index in [0.29, 0.717) is 17.7 Å². The Labute approximate surface area is 207 Å². The second-order valence-corrected chi connectivity index (χ2v) is 9.40. The average Bonchev–Trinajstić information content (AvgIpc) is 3.38. The van der Waals surface area contributed by atoms with Crippen molar-refractivity contribution in [3.8, 4) is 0 Å². The van der Waals surface area contributed by atoms with Crippen LogP contribution in [0.4, 0.5) is 11.4 Å². The first-order chi connectivity index (χ1) is 16.8. The van der Waals surface area contributed by atoms with E-state index in [-0.39, 0.29) is 24.8 Å². The van der Waals surface area contributed by atoms with Gasteiger partial charge in [0.1, 0.15) is 0 Å². The third kappa shape index (κ3) is 5.58. The van der Waals surface area contributed by atoms with Gasteiger partial charge < -0.3 is 21.3 Å². The molecule has 2 unspecified atom stereocenters. The lowest BCUT2D eigenvalue weighted by atomic mass is 9.86. The van der Waals surface area contributed by atoms with Gasteiger partial charge in [0.15, 0.2) is 0 Å². The molecule has 1 fully saturated rings. The summed E-state index contributed by atoms with van der Waals surface area (Å²) in [6, 6.07) is 17.6. The highest BCUT2D eigenvalue weighted by Gasteiger charge is 2.42. The Morgan fingerprint density at radius 1 is 1.06 bits per heavy atom. The van der Waals surface area contributed by atoms with Crippen molar-refractivity contribution in [3.05, 3.63) is 82.0 Å². The monoisotopic (exact) mass is 490 g/mol. The van der Waals surface area contributed by atoms with Gasteiger partial charge in [-0.1, -0.05) is 23.8 Å². The fourth-order valence-corrected chi connectivity index (χ4v) is 5.05. The number of nitrogens with one attached hydrogen (secondary N) is 2. The van der Waals surface area contributed by atoms with Crippen molar-refractivity contribution in [2.75, 3.05) is 16.8 Å². The summed E-state index contributed by atoms with van der Waals surface area (Å²) in [6.45, 7) is 1.74. The quantitative estimate of drug-likeness (QED) is 0.470. The highest BCUT2D eigenvalue weighted by molar-refractivity contribution is 7.10. The topological polar surface area (TPSA) is 122 Å². The van der Waals surface area contributed by atoms with Crippen LogP contribution in [-0.4, -0.2) is 30.2 Å². The lowest BCUT2D eigenvalue weighted by molar-refractivity contribution is -0.126. The first-order valence-corrected chi connectivity index (χ1v) is 12.1. The molecule has 4 N–H and O–H groups in total. The summed E-state index contributed by atoms with van der Waals surface area (Å²) in [5, 5.41) is 7.30. The van der Waals surface area contributed by atoms with Crippen molar-refractivity contribution in [3.63, 3.8) is 0 Å². The normalized spacial score (nSPS) is 17.6. The molecule has 3 aromatic rings. The molecule has 1 aromatic heterocycles. The van der Waals surface area contributed by atoms with E-state index >= 15 is 0 Å². The minimum Gasteiger partial charge on any atom is -0.368 e. The molecule has 4 rings (SSSR count). The van der Waals surface area contributed by atoms with Crippen LogP contribution in [0.1, 0.15) is 39.7 Å². The van der Waals surface area contributed by atoms with Crippen LogP contribution in [0.15, 0.2) is 66.0 Å². The number of hydrogen-bond donors (Lipinski definition) is 3. The minimum atomic E-state index is -0.631. The van der Waals surface area contributed by atoms with Crippen molar-refractivity contribution in [1.29, 1.82) is 0 Å². The Kier molecular flexibility index (Phi) is 7.26. The number of nitrogens with zero attached hydrogens (tertiary/aromatic N) is 1. The summed E-state index contributed by atoms with van der Waals surface area (Å²) in [5.74, 6) is -1.72. The van der Waals surface area contributed by atoms with Crippen molar-refractivity contribution in [2.24, 2.45) is 11.7 Å². The van der Waals surface area contributed by atoms with Crippen LogP contribution >= 0.6 is 11.3 Å². The van der Waals surface area contributed by atoms with E-state index in [1.807, 2.05) is 48.7 Å². The zero-order valence-electron chi connectivity index (χ0n) is 19.2. The third-order valence-corrected chi connectivity index (χ3v) is 6.86. The Hall–Kier alpha value is -3.98. The molecular weight excluding hydrogens is 464 g/mol. The number of carbonyl (C=O) groups excluding carboxylic acids is 4. The Morgan fingerprint density at radius 3 is 2.40 bits per heavy atom. The van der Waals surface area contributed by atoms with Crippen LogP contribution in [0.5, 0.6) is 0 Å². The van der Waals surface area contributed by atoms with Gasteiger partial charge in [-0.25, -0.2) is 0 Å². The molecule has 1 saturated heterocycles. The predicted molar refractivity (Wildman–Crippen MR) is 135 cm³/mol. The molecule has 0 bridgehead atoms. The van der Waals surface area contributed by atoms with E-state index in [1.54, 1.807) is 29.2 Å². The number of rotatable bonds is 7. The molecule has 0 aliphatic carbocycles. The molecule has 2 atom stereocenters. The number of primary amides is 1. The number of piperidine rings is 1. The van der Waals surface area contributed by atoms with Gasteiger partial charge in [0.05, 0.1) is 18.5 Å². The van der Waals surface area contributed by atoms with Crippen LogP contribution in [0.3, 0.4) is 0 Å². The number of benzene rings is 2. The van der Waals surface area contributed by atoms with Crippen molar-refractivity contribution < 1.29 is 19.2 Å². The molecule has 4 amide bonds. The van der Waals surface area contributed by atoms with Crippen LogP contribution in [0, 0.1) is 12.8 Å². The number of thiophene rings is 1. The highest BCUT2D eigenvalue weighted by Crippen LogP contribution is 2.42. The maximum atomic E-state index is 13.4. The first kappa shape index (κ1) is 24.2. The lowest BCUT2D eigenvalue weighted by Gasteiger charge is -2.40. The maximum Gasteiger partial charge on any atom is 0.251 e. The van der Waals surface area contributed by atoms with E-state index in [0.717, 1.165) is 16.1 Å². The molecule has 35 heavy (non-hydrogen) atoms. The molecule has 0 saturated carbocycles. The summed E-state index contributed by atoms with van der Waals surface area (Å²) < 4.78 is 0. The molecule has 1 aliphatic heterocycles. The zero-order valence-corrected chi connectivity index (χ0v) is 20.0. The van der Waals surface area contributed by atoms with Crippen molar-refractivity contribution >= 4 is 46.3 Å². The SMILES string of the molecule is Cc1ccc(N2C(=O)CCC(C(=O)Nc3ccc(C(=O)NCC(N)=O)cc3)C2c2cccs2)cc1. The minimum absolute atomic E-state index is 0.0115. The van der Waals surface area contributed by atoms with Crippen LogP contribution in [-0.2, 0) is 14.4 Å². The first-order valence-electron chi connectivity index (χ1n) is 11.2. The molecule has 0 spiro atoms. The summed E-state index contributed by atoms with van der Waals surface area (Å²) in [5.41, 5.74) is 7.78. The summed E-state index contributed by atoms with van der Waals surface area (Å²) in [6.07, 6.45) is 0.704. The van der Waals surface area contributed by atoms with Crippen LogP contribution in [0.25, 0.3) is 0 Å². The third-order valence-electron chi connectivity index (χ3n) is 5.92. The highest BCUT2D eigenvalue weighted by atomic mass is 32.1. The van der Waals surface area contributed by atoms with E-state index < -0.39 is 23.8 Å². The number of anilines is 2. The number of carbonyl (C=O) groups is 4. The Bertz CT molecular complexity index is 1220. The summed E-state index contributed by atoms with van der Waals surface area (Å²) >= 11 is 1.52. The second-order valence-electron chi connectivity index (χ2n) is 8.42. The van der Waals surface area contributed by atoms with Crippen LogP contribution < -0.4 is 21.3 Å². The second kappa shape index (κ2) is 10.5. The molecule has 2 aromatic carbocycles. The van der Waals surface area contributed by atoms with E-state index in [4.69, 9.17) is 5.73 Å². The van der Waals surface area contributed by atoms with Crippen LogP contribution in [0.2, 0.25) is 0 Å². The maximum absolute atomic E-state index is 13.4.